The maximum absolute atomic E-state index is 10.9. The zero-order chi connectivity index (χ0) is 25.6. The molecular weight excluding hydrogens is 535 g/mol. The second kappa shape index (κ2) is 9.44. The van der Waals surface area contributed by atoms with Gasteiger partial charge in [0.25, 0.3) is 0 Å². The van der Waals surface area contributed by atoms with Crippen LogP contribution in [0.15, 0.2) is 54.7 Å². The number of halogens is 2. The van der Waals surface area contributed by atoms with Crippen LogP contribution in [0.25, 0.3) is 16.3 Å². The van der Waals surface area contributed by atoms with Gasteiger partial charge in [0.05, 0.1) is 16.1 Å². The van der Waals surface area contributed by atoms with Crippen molar-refractivity contribution >= 4 is 51.2 Å². The number of piperidine rings is 1. The van der Waals surface area contributed by atoms with Crippen molar-refractivity contribution in [2.45, 2.75) is 25.0 Å². The van der Waals surface area contributed by atoms with E-state index in [1.165, 1.54) is 11.3 Å². The molecule has 0 atom stereocenters. The fraction of sp³-hybridized carbons (Fsp3) is 0.240. The summed E-state index contributed by atoms with van der Waals surface area (Å²) in [6.45, 7) is 1.14. The van der Waals surface area contributed by atoms with Gasteiger partial charge < -0.3 is 14.7 Å². The van der Waals surface area contributed by atoms with Crippen LogP contribution in [0, 0.1) is 0 Å². The number of nitrogens with zero attached hydrogens (tertiary/aromatic N) is 6. The largest absolute Gasteiger partial charge is 0.482 e. The lowest BCUT2D eigenvalue weighted by atomic mass is 9.83. The van der Waals surface area contributed by atoms with Crippen molar-refractivity contribution < 1.29 is 14.6 Å². The molecule has 2 aromatic carbocycles. The van der Waals surface area contributed by atoms with Gasteiger partial charge in [-0.25, -0.2) is 4.98 Å². The molecule has 1 saturated heterocycles. The van der Waals surface area contributed by atoms with E-state index in [1.54, 1.807) is 6.20 Å². The Hall–Kier alpha value is -3.47. The van der Waals surface area contributed by atoms with Gasteiger partial charge in [-0.1, -0.05) is 52.7 Å². The first kappa shape index (κ1) is 23.9. The maximum atomic E-state index is 10.9. The van der Waals surface area contributed by atoms with Gasteiger partial charge in [-0.3, -0.25) is 4.79 Å². The smallest absolute Gasteiger partial charge is 0.327 e. The van der Waals surface area contributed by atoms with Gasteiger partial charge in [0, 0.05) is 36.5 Å². The van der Waals surface area contributed by atoms with Crippen molar-refractivity contribution in [3.05, 3.63) is 75.9 Å². The average molecular weight is 555 g/mol. The Balaban J connectivity index is 1.24. The molecule has 0 radical (unpaired) electrons. The zero-order valence-corrected chi connectivity index (χ0v) is 21.7. The lowest BCUT2D eigenvalue weighted by Crippen LogP contribution is -2.48. The number of benzene rings is 2. The predicted octanol–water partition coefficient (Wildman–Crippen LogP) is 5.05. The van der Waals surface area contributed by atoms with E-state index in [0.29, 0.717) is 15.9 Å². The molecule has 2 aromatic heterocycles. The van der Waals surface area contributed by atoms with Crippen LogP contribution in [0.5, 0.6) is 5.75 Å². The molecule has 1 N–H and O–H groups in total. The second-order valence-corrected chi connectivity index (χ2v) is 10.7. The lowest BCUT2D eigenvalue weighted by molar-refractivity contribution is -0.138. The molecule has 6 rings (SSSR count). The van der Waals surface area contributed by atoms with Crippen molar-refractivity contribution in [1.29, 1.82) is 0 Å². The van der Waals surface area contributed by atoms with Crippen LogP contribution in [-0.4, -0.2) is 55.0 Å². The van der Waals surface area contributed by atoms with Gasteiger partial charge in [-0.05, 0) is 46.7 Å². The molecule has 0 saturated carbocycles. The third-order valence-corrected chi connectivity index (χ3v) is 8.07. The number of carboxylic acid groups (broad SMARTS) is 1. The zero-order valence-electron chi connectivity index (χ0n) is 19.3. The standard InChI is InChI=1S/C25H20Cl2N6O3S/c26-16-6-4-15(5-7-16)17-12-25(36-19-3-1-2-18(27)22(17)19)8-10-32(11-9-25)24-28-13-20(37-24)23-29-31-33(30-23)14-21(34)35/h1-7,12-13H,8-11,14H2,(H,34,35). The summed E-state index contributed by atoms with van der Waals surface area (Å²) in [6.07, 6.45) is 5.43. The maximum Gasteiger partial charge on any atom is 0.327 e. The first-order chi connectivity index (χ1) is 17.9. The molecule has 188 valence electrons. The van der Waals surface area contributed by atoms with Crippen LogP contribution in [-0.2, 0) is 11.3 Å². The monoisotopic (exact) mass is 554 g/mol. The number of fused-ring (bicyclic) bond motifs is 1. The number of rotatable bonds is 5. The predicted molar refractivity (Wildman–Crippen MR) is 141 cm³/mol. The summed E-state index contributed by atoms with van der Waals surface area (Å²) in [4.78, 5) is 19.4. The summed E-state index contributed by atoms with van der Waals surface area (Å²) in [5.74, 6) is 0.109. The Bertz CT molecular complexity index is 1510. The topological polar surface area (TPSA) is 106 Å². The Morgan fingerprint density at radius 2 is 1.92 bits per heavy atom. The van der Waals surface area contributed by atoms with Crippen molar-refractivity contribution in [2.75, 3.05) is 18.0 Å². The molecule has 1 fully saturated rings. The number of hydrogen-bond acceptors (Lipinski definition) is 8. The Kier molecular flexibility index (Phi) is 6.10. The number of anilines is 1. The second-order valence-electron chi connectivity index (χ2n) is 8.88. The molecule has 1 spiro atoms. The molecule has 0 amide bonds. The average Bonchev–Trinajstić information content (AvgIpc) is 3.54. The summed E-state index contributed by atoms with van der Waals surface area (Å²) in [5, 5.41) is 23.0. The Morgan fingerprint density at radius 1 is 1.14 bits per heavy atom. The van der Waals surface area contributed by atoms with Crippen LogP contribution in [0.1, 0.15) is 24.0 Å². The molecule has 4 aromatic rings. The molecule has 12 heteroatoms. The van der Waals surface area contributed by atoms with Gasteiger partial charge in [-0.2, -0.15) is 4.80 Å². The number of tetrazole rings is 1. The highest BCUT2D eigenvalue weighted by Gasteiger charge is 2.40. The van der Waals surface area contributed by atoms with Crippen LogP contribution in [0.4, 0.5) is 5.13 Å². The molecule has 0 aliphatic carbocycles. The number of aliphatic carboxylic acids is 1. The van der Waals surface area contributed by atoms with E-state index in [4.69, 9.17) is 33.0 Å². The fourth-order valence-corrected chi connectivity index (χ4v) is 5.94. The first-order valence-electron chi connectivity index (χ1n) is 11.6. The molecule has 4 heterocycles. The SMILES string of the molecule is O=C(O)Cn1nnc(-c2cnc(N3CCC4(C=C(c5ccc(Cl)cc5)c5c(Cl)cccc5O4)CC3)s2)n1. The third kappa shape index (κ3) is 4.68. The Morgan fingerprint density at radius 3 is 2.68 bits per heavy atom. The summed E-state index contributed by atoms with van der Waals surface area (Å²) in [7, 11) is 0. The summed E-state index contributed by atoms with van der Waals surface area (Å²) < 4.78 is 6.60. The van der Waals surface area contributed by atoms with E-state index in [-0.39, 0.29) is 6.54 Å². The van der Waals surface area contributed by atoms with E-state index in [9.17, 15) is 4.79 Å². The van der Waals surface area contributed by atoms with E-state index in [2.05, 4.69) is 31.4 Å². The molecule has 9 nitrogen and oxygen atoms in total. The number of carbonyl (C=O) groups is 1. The number of ether oxygens (including phenoxy) is 1. The highest BCUT2D eigenvalue weighted by Crippen LogP contribution is 2.46. The van der Waals surface area contributed by atoms with Gasteiger partial charge in [0.1, 0.15) is 11.4 Å². The van der Waals surface area contributed by atoms with Crippen molar-refractivity contribution in [3.63, 3.8) is 0 Å². The minimum atomic E-state index is -1.03. The van der Waals surface area contributed by atoms with Crippen LogP contribution >= 0.6 is 34.5 Å². The molecule has 37 heavy (non-hydrogen) atoms. The minimum Gasteiger partial charge on any atom is -0.482 e. The van der Waals surface area contributed by atoms with Gasteiger partial charge in [0.15, 0.2) is 11.7 Å². The summed E-state index contributed by atoms with van der Waals surface area (Å²) >= 11 is 14.2. The quantitative estimate of drug-likeness (QED) is 0.365. The van der Waals surface area contributed by atoms with Crippen molar-refractivity contribution in [3.8, 4) is 16.5 Å². The van der Waals surface area contributed by atoms with E-state index in [1.807, 2.05) is 42.5 Å². The fourth-order valence-electron chi connectivity index (χ4n) is 4.66. The molecular formula is C25H20Cl2N6O3S. The van der Waals surface area contributed by atoms with E-state index < -0.39 is 11.6 Å². The van der Waals surface area contributed by atoms with Crippen LogP contribution in [0.2, 0.25) is 10.0 Å². The normalized spacial score (nSPS) is 16.3. The highest BCUT2D eigenvalue weighted by atomic mass is 35.5. The summed E-state index contributed by atoms with van der Waals surface area (Å²) in [5.41, 5.74) is 2.51. The molecule has 2 aliphatic heterocycles. The molecule has 0 unspecified atom stereocenters. The minimum absolute atomic E-state index is 0.341. The van der Waals surface area contributed by atoms with Crippen molar-refractivity contribution in [2.24, 2.45) is 0 Å². The van der Waals surface area contributed by atoms with Gasteiger partial charge in [0.2, 0.25) is 5.82 Å². The Labute approximate surface area is 225 Å². The number of carboxylic acids is 1. The van der Waals surface area contributed by atoms with E-state index >= 15 is 0 Å². The molecule has 0 bridgehead atoms. The van der Waals surface area contributed by atoms with Crippen LogP contribution in [0.3, 0.4) is 0 Å². The lowest BCUT2D eigenvalue weighted by Gasteiger charge is -2.43. The third-order valence-electron chi connectivity index (χ3n) is 6.44. The van der Waals surface area contributed by atoms with Gasteiger partial charge in [-0.15, -0.1) is 10.2 Å². The number of thiazole rings is 1. The van der Waals surface area contributed by atoms with Crippen molar-refractivity contribution in [1.82, 2.24) is 25.2 Å². The summed E-state index contributed by atoms with van der Waals surface area (Å²) in [6, 6.07) is 13.5. The van der Waals surface area contributed by atoms with Crippen LogP contribution < -0.4 is 9.64 Å². The van der Waals surface area contributed by atoms with E-state index in [0.717, 1.165) is 63.2 Å². The first-order valence-corrected chi connectivity index (χ1v) is 13.1. The highest BCUT2D eigenvalue weighted by molar-refractivity contribution is 7.18. The molecule has 2 aliphatic rings. The number of hydrogen-bond donors (Lipinski definition) is 1. The van der Waals surface area contributed by atoms with Gasteiger partial charge >= 0.3 is 5.97 Å². The number of aromatic nitrogens is 5.